The zero-order chi connectivity index (χ0) is 18.8. The molecule has 2 aromatic carbocycles. The van der Waals surface area contributed by atoms with Crippen LogP contribution in [0.5, 0.6) is 0 Å². The first-order chi connectivity index (χ1) is 13.2. The number of ketones is 1. The maximum Gasteiger partial charge on any atom is 0.209 e. The van der Waals surface area contributed by atoms with E-state index >= 15 is 0 Å². The van der Waals surface area contributed by atoms with Crippen molar-refractivity contribution >= 4 is 16.8 Å². The van der Waals surface area contributed by atoms with Crippen LogP contribution in [0.25, 0.3) is 11.0 Å². The lowest BCUT2D eigenvalue weighted by Gasteiger charge is -2.09. The summed E-state index contributed by atoms with van der Waals surface area (Å²) >= 11 is 0. The van der Waals surface area contributed by atoms with Gasteiger partial charge in [0, 0.05) is 11.8 Å². The van der Waals surface area contributed by atoms with Crippen molar-refractivity contribution in [2.24, 2.45) is 0 Å². The van der Waals surface area contributed by atoms with Gasteiger partial charge in [-0.1, -0.05) is 35.9 Å². The topological polar surface area (TPSA) is 71.6 Å². The molecule has 4 rings (SSSR count). The molecular weight excluding hydrogens is 336 g/mol. The van der Waals surface area contributed by atoms with Crippen LogP contribution >= 0.6 is 0 Å². The summed E-state index contributed by atoms with van der Waals surface area (Å²) in [5.74, 6) is -0.0273. The average Bonchev–Trinajstić information content (AvgIpc) is 3.15. The van der Waals surface area contributed by atoms with Crippen molar-refractivity contribution in [3.63, 3.8) is 0 Å². The second-order valence-corrected chi connectivity index (χ2v) is 6.36. The Morgan fingerprint density at radius 2 is 1.93 bits per heavy atom. The van der Waals surface area contributed by atoms with Crippen LogP contribution in [0.15, 0.2) is 67.0 Å². The number of aromatic nitrogens is 3. The van der Waals surface area contributed by atoms with Crippen LogP contribution in [-0.2, 0) is 6.54 Å². The van der Waals surface area contributed by atoms with Crippen LogP contribution in [0.2, 0.25) is 0 Å². The normalized spacial score (nSPS) is 10.7. The monoisotopic (exact) mass is 352 g/mol. The zero-order valence-corrected chi connectivity index (χ0v) is 14.8. The molecule has 0 radical (unpaired) electrons. The highest BCUT2D eigenvalue weighted by Crippen LogP contribution is 2.16. The Balaban J connectivity index is 1.66. The minimum Gasteiger partial charge on any atom is -0.339 e. The highest BCUT2D eigenvalue weighted by Gasteiger charge is 2.14. The molecule has 5 nitrogen and oxygen atoms in total. The third kappa shape index (κ3) is 3.21. The Morgan fingerprint density at radius 1 is 1.11 bits per heavy atom. The summed E-state index contributed by atoms with van der Waals surface area (Å²) in [6.45, 7) is 2.42. The number of nitrogens with zero attached hydrogens (tertiary/aromatic N) is 4. The predicted molar refractivity (Wildman–Crippen MR) is 102 cm³/mol. The largest absolute Gasteiger partial charge is 0.339 e. The molecule has 0 aliphatic heterocycles. The van der Waals surface area contributed by atoms with E-state index in [1.54, 1.807) is 18.3 Å². The van der Waals surface area contributed by atoms with E-state index in [-0.39, 0.29) is 5.78 Å². The van der Waals surface area contributed by atoms with E-state index in [0.717, 1.165) is 11.3 Å². The first-order valence-electron chi connectivity index (χ1n) is 8.57. The lowest BCUT2D eigenvalue weighted by molar-refractivity contribution is 0.103. The maximum absolute atomic E-state index is 12.8. The van der Waals surface area contributed by atoms with Crippen LogP contribution in [0.3, 0.4) is 0 Å². The van der Waals surface area contributed by atoms with Crippen LogP contribution in [0.1, 0.15) is 32.9 Å². The first kappa shape index (κ1) is 16.7. The minimum atomic E-state index is -0.0273. The Kier molecular flexibility index (Phi) is 4.23. The highest BCUT2D eigenvalue weighted by atomic mass is 16.1. The van der Waals surface area contributed by atoms with Gasteiger partial charge in [-0.3, -0.25) is 9.78 Å². The van der Waals surface area contributed by atoms with Gasteiger partial charge in [0.25, 0.3) is 0 Å². The second-order valence-electron chi connectivity index (χ2n) is 6.36. The highest BCUT2D eigenvalue weighted by molar-refractivity contribution is 6.08. The number of carbonyl (C=O) groups excluding carboxylic acids is 1. The molecule has 0 saturated carbocycles. The van der Waals surface area contributed by atoms with Crippen LogP contribution in [0, 0.1) is 18.3 Å². The summed E-state index contributed by atoms with van der Waals surface area (Å²) in [6, 6.07) is 18.7. The molecule has 2 heterocycles. The van der Waals surface area contributed by atoms with Crippen molar-refractivity contribution in [3.8, 4) is 6.07 Å². The summed E-state index contributed by atoms with van der Waals surface area (Å²) in [4.78, 5) is 21.8. The van der Waals surface area contributed by atoms with E-state index in [2.05, 4.69) is 16.0 Å². The van der Waals surface area contributed by atoms with Gasteiger partial charge < -0.3 is 4.57 Å². The van der Waals surface area contributed by atoms with Crippen LogP contribution in [-0.4, -0.2) is 20.3 Å². The molecule has 0 fully saturated rings. The number of benzene rings is 2. The van der Waals surface area contributed by atoms with Gasteiger partial charge in [-0.15, -0.1) is 0 Å². The molecule has 0 aliphatic carbocycles. The number of nitriles is 1. The smallest absolute Gasteiger partial charge is 0.209 e. The molecule has 2 aromatic heterocycles. The van der Waals surface area contributed by atoms with Gasteiger partial charge in [0.1, 0.15) is 11.6 Å². The van der Waals surface area contributed by atoms with Crippen molar-refractivity contribution in [1.29, 1.82) is 5.26 Å². The van der Waals surface area contributed by atoms with E-state index < -0.39 is 0 Å². The number of para-hydroxylation sites is 1. The minimum absolute atomic E-state index is 0.0273. The quantitative estimate of drug-likeness (QED) is 0.522. The molecule has 130 valence electrons. The second kappa shape index (κ2) is 6.85. The number of rotatable bonds is 4. The molecule has 0 amide bonds. The zero-order valence-electron chi connectivity index (χ0n) is 14.8. The van der Waals surface area contributed by atoms with Gasteiger partial charge in [0.2, 0.25) is 5.78 Å². The van der Waals surface area contributed by atoms with E-state index in [9.17, 15) is 10.1 Å². The SMILES string of the molecule is Cc1ccc(C(=O)c2cccn2Cc2cnc3c(C#N)cccc3n2)cc1. The first-order valence-corrected chi connectivity index (χ1v) is 8.57. The van der Waals surface area contributed by atoms with Gasteiger partial charge in [-0.2, -0.15) is 5.26 Å². The van der Waals surface area contributed by atoms with Gasteiger partial charge in [-0.25, -0.2) is 4.98 Å². The van der Waals surface area contributed by atoms with Crippen LogP contribution in [0.4, 0.5) is 0 Å². The van der Waals surface area contributed by atoms with Gasteiger partial charge >= 0.3 is 0 Å². The summed E-state index contributed by atoms with van der Waals surface area (Å²) < 4.78 is 1.87. The summed E-state index contributed by atoms with van der Waals surface area (Å²) in [7, 11) is 0. The number of hydrogen-bond acceptors (Lipinski definition) is 4. The summed E-state index contributed by atoms with van der Waals surface area (Å²) in [5, 5.41) is 9.18. The molecule has 5 heteroatoms. The summed E-state index contributed by atoms with van der Waals surface area (Å²) in [5.41, 5.74) is 4.87. The van der Waals surface area contributed by atoms with Crippen molar-refractivity contribution in [2.45, 2.75) is 13.5 Å². The van der Waals surface area contributed by atoms with Crippen molar-refractivity contribution < 1.29 is 4.79 Å². The third-order valence-corrected chi connectivity index (χ3v) is 4.45. The molecule has 0 unspecified atom stereocenters. The molecule has 0 aliphatic rings. The Morgan fingerprint density at radius 3 is 2.70 bits per heavy atom. The van der Waals surface area contributed by atoms with E-state index in [0.29, 0.717) is 34.4 Å². The average molecular weight is 352 g/mol. The van der Waals surface area contributed by atoms with Gasteiger partial charge in [-0.05, 0) is 31.2 Å². The fourth-order valence-corrected chi connectivity index (χ4v) is 3.03. The van der Waals surface area contributed by atoms with Crippen LogP contribution < -0.4 is 0 Å². The molecule has 0 atom stereocenters. The fraction of sp³-hybridized carbons (Fsp3) is 0.0909. The number of aryl methyl sites for hydroxylation is 1. The molecule has 0 spiro atoms. The third-order valence-electron chi connectivity index (χ3n) is 4.45. The molecule has 0 bridgehead atoms. The standard InChI is InChI=1S/C22H16N4O/c1-15-7-9-16(10-8-15)22(27)20-6-3-11-26(20)14-18-13-24-21-17(12-23)4-2-5-19(21)25-18/h2-11,13H,14H2,1H3. The van der Waals surface area contributed by atoms with Gasteiger partial charge in [0.15, 0.2) is 0 Å². The maximum atomic E-state index is 12.8. The molecule has 4 aromatic rings. The molecular formula is C22H16N4O. The molecule has 27 heavy (non-hydrogen) atoms. The number of carbonyl (C=O) groups is 1. The Hall–Kier alpha value is -3.78. The lowest BCUT2D eigenvalue weighted by atomic mass is 10.1. The summed E-state index contributed by atoms with van der Waals surface area (Å²) in [6.07, 6.45) is 3.52. The van der Waals surface area contributed by atoms with E-state index in [1.165, 1.54) is 0 Å². The lowest BCUT2D eigenvalue weighted by Crippen LogP contribution is -2.11. The fourth-order valence-electron chi connectivity index (χ4n) is 3.03. The molecule has 0 saturated heterocycles. The van der Waals surface area contributed by atoms with Crippen molar-refractivity contribution in [1.82, 2.24) is 14.5 Å². The Bertz CT molecular complexity index is 1180. The van der Waals surface area contributed by atoms with E-state index in [1.807, 2.05) is 60.2 Å². The van der Waals surface area contributed by atoms with Crippen molar-refractivity contribution in [3.05, 3.63) is 95.1 Å². The number of hydrogen-bond donors (Lipinski definition) is 0. The Labute approximate surface area is 156 Å². The van der Waals surface area contributed by atoms with E-state index in [4.69, 9.17) is 0 Å². The predicted octanol–water partition coefficient (Wildman–Crippen LogP) is 3.89. The van der Waals surface area contributed by atoms with Gasteiger partial charge in [0.05, 0.1) is 35.2 Å². The van der Waals surface area contributed by atoms with Crippen molar-refractivity contribution in [2.75, 3.05) is 0 Å². The number of fused-ring (bicyclic) bond motifs is 1. The molecule has 0 N–H and O–H groups in total.